The molecule has 1 fully saturated rings. The summed E-state index contributed by atoms with van der Waals surface area (Å²) >= 11 is 0. The van der Waals surface area contributed by atoms with Gasteiger partial charge in [-0.15, -0.1) is 0 Å². The number of nitrogens with zero attached hydrogens (tertiary/aromatic N) is 2. The summed E-state index contributed by atoms with van der Waals surface area (Å²) < 4.78 is 1.63. The molecule has 104 valence electrons. The first-order valence-corrected chi connectivity index (χ1v) is 6.55. The van der Waals surface area contributed by atoms with E-state index < -0.39 is 12.0 Å². The van der Waals surface area contributed by atoms with Crippen LogP contribution in [0.15, 0.2) is 17.2 Å². The number of aromatic nitrogens is 2. The third kappa shape index (κ3) is 3.33. The smallest absolute Gasteiger partial charge is 0.326 e. The topological polar surface area (TPSA) is 84.2 Å². The molecular weight excluding hydrogens is 246 g/mol. The highest BCUT2D eigenvalue weighted by atomic mass is 16.4. The van der Waals surface area contributed by atoms with Crippen molar-refractivity contribution < 1.29 is 9.90 Å². The predicted molar refractivity (Wildman–Crippen MR) is 71.3 cm³/mol. The molecule has 1 aliphatic carbocycles. The Hall–Kier alpha value is -1.85. The minimum Gasteiger partial charge on any atom is -0.480 e. The highest BCUT2D eigenvalue weighted by Crippen LogP contribution is 2.33. The molecule has 0 aromatic carbocycles. The van der Waals surface area contributed by atoms with Crippen LogP contribution in [0.3, 0.4) is 0 Å². The number of rotatable bonds is 6. The first-order chi connectivity index (χ1) is 8.99. The third-order valence-electron chi connectivity index (χ3n) is 3.12. The zero-order chi connectivity index (χ0) is 14.0. The average molecular weight is 265 g/mol. The van der Waals surface area contributed by atoms with E-state index in [9.17, 15) is 9.59 Å². The van der Waals surface area contributed by atoms with Gasteiger partial charge >= 0.3 is 5.97 Å². The van der Waals surface area contributed by atoms with Gasteiger partial charge in [-0.25, -0.2) is 9.78 Å². The fraction of sp³-hybridized carbons (Fsp3) is 0.615. The van der Waals surface area contributed by atoms with Gasteiger partial charge in [0, 0.05) is 18.4 Å². The Bertz CT molecular complexity index is 520. The quantitative estimate of drug-likeness (QED) is 0.814. The fourth-order valence-corrected chi connectivity index (χ4v) is 2.02. The highest BCUT2D eigenvalue weighted by molar-refractivity contribution is 5.76. The Morgan fingerprint density at radius 2 is 2.26 bits per heavy atom. The second-order valence-corrected chi connectivity index (χ2v) is 5.38. The zero-order valence-corrected chi connectivity index (χ0v) is 11.2. The van der Waals surface area contributed by atoms with E-state index in [1.165, 1.54) is 6.20 Å². The Labute approximate surface area is 111 Å². The van der Waals surface area contributed by atoms with Crippen LogP contribution in [-0.2, 0) is 4.79 Å². The van der Waals surface area contributed by atoms with Crippen LogP contribution in [0.4, 0.5) is 5.82 Å². The van der Waals surface area contributed by atoms with E-state index in [1.807, 2.05) is 13.8 Å². The van der Waals surface area contributed by atoms with Crippen molar-refractivity contribution in [1.82, 2.24) is 9.55 Å². The van der Waals surface area contributed by atoms with Crippen molar-refractivity contribution in [2.45, 2.75) is 45.2 Å². The van der Waals surface area contributed by atoms with E-state index in [4.69, 9.17) is 5.11 Å². The van der Waals surface area contributed by atoms with Crippen LogP contribution >= 0.6 is 0 Å². The molecular formula is C13H19N3O3. The molecule has 0 radical (unpaired) electrons. The van der Waals surface area contributed by atoms with Crippen molar-refractivity contribution in [2.24, 2.45) is 5.92 Å². The van der Waals surface area contributed by atoms with Crippen LogP contribution in [0.2, 0.25) is 0 Å². The first-order valence-electron chi connectivity index (χ1n) is 6.55. The standard InChI is InChI=1S/C13H19N3O3/c1-8(2)7-10(13(18)19)15-11-12(17)16(6-5-14-11)9-3-4-9/h5-6,8-10H,3-4,7H2,1-2H3,(H,14,15)(H,18,19). The molecule has 6 nitrogen and oxygen atoms in total. The van der Waals surface area contributed by atoms with Crippen molar-refractivity contribution in [1.29, 1.82) is 0 Å². The lowest BCUT2D eigenvalue weighted by Crippen LogP contribution is -2.35. The van der Waals surface area contributed by atoms with E-state index in [0.717, 1.165) is 12.8 Å². The molecule has 1 atom stereocenters. The van der Waals surface area contributed by atoms with Gasteiger partial charge in [0.2, 0.25) is 0 Å². The minimum absolute atomic E-state index is 0.127. The molecule has 0 spiro atoms. The molecule has 1 aromatic rings. The van der Waals surface area contributed by atoms with Crippen LogP contribution in [0.1, 0.15) is 39.2 Å². The number of carboxylic acids is 1. The Morgan fingerprint density at radius 3 is 2.79 bits per heavy atom. The van der Waals surface area contributed by atoms with Gasteiger partial charge in [0.1, 0.15) is 6.04 Å². The molecule has 6 heteroatoms. The number of anilines is 1. The molecule has 1 aromatic heterocycles. The van der Waals surface area contributed by atoms with Crippen LogP contribution in [0.5, 0.6) is 0 Å². The number of hydrogen-bond donors (Lipinski definition) is 2. The average Bonchev–Trinajstić information content (AvgIpc) is 3.14. The lowest BCUT2D eigenvalue weighted by Gasteiger charge is -2.17. The van der Waals surface area contributed by atoms with Gasteiger partial charge in [-0.2, -0.15) is 0 Å². The molecule has 1 heterocycles. The lowest BCUT2D eigenvalue weighted by atomic mass is 10.0. The van der Waals surface area contributed by atoms with Gasteiger partial charge < -0.3 is 15.0 Å². The van der Waals surface area contributed by atoms with Crippen LogP contribution in [-0.4, -0.2) is 26.7 Å². The summed E-state index contributed by atoms with van der Waals surface area (Å²) in [7, 11) is 0. The molecule has 0 aliphatic heterocycles. The maximum Gasteiger partial charge on any atom is 0.326 e. The van der Waals surface area contributed by atoms with E-state index in [2.05, 4.69) is 10.3 Å². The Morgan fingerprint density at radius 1 is 1.58 bits per heavy atom. The van der Waals surface area contributed by atoms with Gasteiger partial charge in [-0.3, -0.25) is 4.79 Å². The number of carboxylic acid groups (broad SMARTS) is 1. The summed E-state index contributed by atoms with van der Waals surface area (Å²) in [5, 5.41) is 11.9. The van der Waals surface area contributed by atoms with Crippen molar-refractivity contribution in [3.63, 3.8) is 0 Å². The number of carbonyl (C=O) groups is 1. The maximum atomic E-state index is 12.1. The van der Waals surface area contributed by atoms with Crippen molar-refractivity contribution in [3.05, 3.63) is 22.7 Å². The normalized spacial score (nSPS) is 16.4. The molecule has 19 heavy (non-hydrogen) atoms. The molecule has 0 saturated heterocycles. The van der Waals surface area contributed by atoms with Crippen molar-refractivity contribution in [3.8, 4) is 0 Å². The minimum atomic E-state index is -0.961. The summed E-state index contributed by atoms with van der Waals surface area (Å²) in [5.41, 5.74) is -0.236. The summed E-state index contributed by atoms with van der Waals surface area (Å²) in [6.45, 7) is 3.89. The van der Waals surface area contributed by atoms with Crippen LogP contribution in [0, 0.1) is 5.92 Å². The molecule has 1 aliphatic rings. The SMILES string of the molecule is CC(C)CC(Nc1nccn(C2CC2)c1=O)C(=O)O. The van der Waals surface area contributed by atoms with Gasteiger partial charge in [-0.1, -0.05) is 13.8 Å². The monoisotopic (exact) mass is 265 g/mol. The lowest BCUT2D eigenvalue weighted by molar-refractivity contribution is -0.138. The summed E-state index contributed by atoms with van der Waals surface area (Å²) in [5.74, 6) is -0.609. The van der Waals surface area contributed by atoms with Crippen LogP contribution in [0.25, 0.3) is 0 Å². The second-order valence-electron chi connectivity index (χ2n) is 5.38. The second kappa shape index (κ2) is 5.42. The fourth-order valence-electron chi connectivity index (χ4n) is 2.02. The molecule has 1 unspecified atom stereocenters. The maximum absolute atomic E-state index is 12.1. The van der Waals surface area contributed by atoms with E-state index in [1.54, 1.807) is 10.8 Å². The molecule has 0 bridgehead atoms. The van der Waals surface area contributed by atoms with Gasteiger partial charge in [0.25, 0.3) is 5.56 Å². The Kier molecular flexibility index (Phi) is 3.87. The third-order valence-corrected chi connectivity index (χ3v) is 3.12. The molecule has 0 amide bonds. The molecule has 2 N–H and O–H groups in total. The number of nitrogens with one attached hydrogen (secondary N) is 1. The van der Waals surface area contributed by atoms with Crippen LogP contribution < -0.4 is 10.9 Å². The van der Waals surface area contributed by atoms with E-state index in [-0.39, 0.29) is 23.3 Å². The van der Waals surface area contributed by atoms with Crippen molar-refractivity contribution >= 4 is 11.8 Å². The van der Waals surface area contributed by atoms with E-state index in [0.29, 0.717) is 6.42 Å². The first kappa shape index (κ1) is 13.6. The molecule has 1 saturated carbocycles. The summed E-state index contributed by atoms with van der Waals surface area (Å²) in [6, 6.07) is -0.528. The highest BCUT2D eigenvalue weighted by Gasteiger charge is 2.26. The van der Waals surface area contributed by atoms with Crippen molar-refractivity contribution in [2.75, 3.05) is 5.32 Å². The van der Waals surface area contributed by atoms with E-state index >= 15 is 0 Å². The number of aliphatic carboxylic acids is 1. The largest absolute Gasteiger partial charge is 0.480 e. The molecule has 2 rings (SSSR count). The summed E-state index contributed by atoms with van der Waals surface area (Å²) in [6.07, 6.45) is 5.64. The zero-order valence-electron chi connectivity index (χ0n) is 11.2. The van der Waals surface area contributed by atoms with Gasteiger partial charge in [-0.05, 0) is 25.2 Å². The number of hydrogen-bond acceptors (Lipinski definition) is 4. The summed E-state index contributed by atoms with van der Waals surface area (Å²) in [4.78, 5) is 27.3. The van der Waals surface area contributed by atoms with Gasteiger partial charge in [0.05, 0.1) is 0 Å². The predicted octanol–water partition coefficient (Wildman–Crippen LogP) is 1.49. The Balaban J connectivity index is 2.19. The van der Waals surface area contributed by atoms with Gasteiger partial charge in [0.15, 0.2) is 5.82 Å².